The standard InChI is InChI=1S/C39H43FN2O10S2/c1-5-51-37(43)16-14-30-13-15-32(24-34(30)40)41(54(48,49)36-12-7-6-11-35(36)42(44)45)25-29-9-8-10-31(23-29)38-27(2)21-33(22-28(38)3)52-26-39(50-4)17-19-53(46,47)20-18-39/h6-13,15,21-24H,5,14,16-20,25-26H2,1-4H3. The van der Waals surface area contributed by atoms with Crippen LogP contribution in [0.25, 0.3) is 11.1 Å². The minimum absolute atomic E-state index is 0.0318. The number of hydrogen-bond acceptors (Lipinski definition) is 10. The van der Waals surface area contributed by atoms with E-state index in [1.165, 1.54) is 24.3 Å². The molecule has 0 spiro atoms. The molecular formula is C39H43FN2O10S2. The van der Waals surface area contributed by atoms with E-state index in [0.717, 1.165) is 44.8 Å². The monoisotopic (exact) mass is 782 g/mol. The Labute approximate surface area is 315 Å². The van der Waals surface area contributed by atoms with Crippen LogP contribution in [0.4, 0.5) is 15.8 Å². The van der Waals surface area contributed by atoms with E-state index in [0.29, 0.717) is 24.2 Å². The summed E-state index contributed by atoms with van der Waals surface area (Å²) in [6.45, 7) is 5.57. The van der Waals surface area contributed by atoms with Gasteiger partial charge in [0, 0.05) is 19.6 Å². The molecule has 4 aromatic rings. The smallest absolute Gasteiger partial charge is 0.306 e. The Morgan fingerprint density at radius 3 is 2.30 bits per heavy atom. The first-order chi connectivity index (χ1) is 25.6. The minimum atomic E-state index is -4.63. The predicted octanol–water partition coefficient (Wildman–Crippen LogP) is 6.88. The molecule has 0 amide bonds. The van der Waals surface area contributed by atoms with Crippen LogP contribution in [0.15, 0.2) is 83.8 Å². The molecule has 0 aromatic heterocycles. The highest BCUT2D eigenvalue weighted by Gasteiger charge is 2.38. The van der Waals surface area contributed by atoms with Crippen molar-refractivity contribution in [2.75, 3.05) is 36.1 Å². The predicted molar refractivity (Wildman–Crippen MR) is 202 cm³/mol. The maximum atomic E-state index is 15.5. The second kappa shape index (κ2) is 16.7. The Kier molecular flexibility index (Phi) is 12.4. The third kappa shape index (κ3) is 9.25. The summed E-state index contributed by atoms with van der Waals surface area (Å²) in [5, 5.41) is 11.9. The van der Waals surface area contributed by atoms with Crippen molar-refractivity contribution >= 4 is 37.2 Å². The first kappa shape index (κ1) is 40.3. The Morgan fingerprint density at radius 1 is 0.981 bits per heavy atom. The van der Waals surface area contributed by atoms with Gasteiger partial charge in [-0.05, 0) is 110 Å². The Morgan fingerprint density at radius 2 is 1.67 bits per heavy atom. The zero-order chi connectivity index (χ0) is 39.3. The van der Waals surface area contributed by atoms with Crippen LogP contribution in [0.1, 0.15) is 48.4 Å². The number of ether oxygens (including phenoxy) is 3. The number of sulfonamides is 1. The van der Waals surface area contributed by atoms with Gasteiger partial charge < -0.3 is 14.2 Å². The van der Waals surface area contributed by atoms with Crippen LogP contribution in [0, 0.1) is 29.8 Å². The quantitative estimate of drug-likeness (QED) is 0.0707. The number of hydrogen-bond donors (Lipinski definition) is 0. The van der Waals surface area contributed by atoms with E-state index in [-0.39, 0.29) is 55.4 Å². The molecule has 0 aliphatic carbocycles. The van der Waals surface area contributed by atoms with E-state index < -0.39 is 52.8 Å². The first-order valence-electron chi connectivity index (χ1n) is 17.4. The molecule has 15 heteroatoms. The van der Waals surface area contributed by atoms with Gasteiger partial charge in [0.25, 0.3) is 15.7 Å². The molecule has 0 unspecified atom stereocenters. The summed E-state index contributed by atoms with van der Waals surface area (Å²) in [6, 6.07) is 19.7. The van der Waals surface area contributed by atoms with Gasteiger partial charge in [0.1, 0.15) is 23.8 Å². The average molecular weight is 783 g/mol. The van der Waals surface area contributed by atoms with Crippen molar-refractivity contribution < 1.29 is 45.2 Å². The van der Waals surface area contributed by atoms with E-state index in [9.17, 15) is 31.7 Å². The molecule has 288 valence electrons. The van der Waals surface area contributed by atoms with Gasteiger partial charge in [-0.25, -0.2) is 21.2 Å². The average Bonchev–Trinajstić information content (AvgIpc) is 3.13. The highest BCUT2D eigenvalue weighted by molar-refractivity contribution is 7.93. The molecule has 0 atom stereocenters. The molecule has 0 bridgehead atoms. The third-order valence-corrected chi connectivity index (χ3v) is 13.1. The summed E-state index contributed by atoms with van der Waals surface area (Å²) in [5.41, 5.74) is 2.68. The molecule has 1 fully saturated rings. The van der Waals surface area contributed by atoms with Crippen LogP contribution < -0.4 is 9.04 Å². The summed E-state index contributed by atoms with van der Waals surface area (Å²) in [5.74, 6) is -0.574. The second-order valence-electron chi connectivity index (χ2n) is 13.3. The minimum Gasteiger partial charge on any atom is -0.491 e. The topological polar surface area (TPSA) is 159 Å². The molecular weight excluding hydrogens is 740 g/mol. The number of carbonyl (C=O) groups is 1. The lowest BCUT2D eigenvalue weighted by Gasteiger charge is -2.35. The Balaban J connectivity index is 1.46. The largest absolute Gasteiger partial charge is 0.491 e. The maximum Gasteiger partial charge on any atom is 0.306 e. The number of nitro benzene ring substituents is 1. The molecule has 0 N–H and O–H groups in total. The number of methoxy groups -OCH3 is 1. The highest BCUT2D eigenvalue weighted by Crippen LogP contribution is 2.36. The molecule has 54 heavy (non-hydrogen) atoms. The van der Waals surface area contributed by atoms with Crippen molar-refractivity contribution in [2.45, 2.75) is 63.5 Å². The van der Waals surface area contributed by atoms with Crippen molar-refractivity contribution in [3.05, 3.63) is 117 Å². The summed E-state index contributed by atoms with van der Waals surface area (Å²) < 4.78 is 85.8. The van der Waals surface area contributed by atoms with Gasteiger partial charge in [-0.3, -0.25) is 19.2 Å². The lowest BCUT2D eigenvalue weighted by molar-refractivity contribution is -0.387. The van der Waals surface area contributed by atoms with Gasteiger partial charge in [-0.2, -0.15) is 0 Å². The molecule has 1 aliphatic rings. The van der Waals surface area contributed by atoms with Gasteiger partial charge in [0.2, 0.25) is 0 Å². The fourth-order valence-corrected chi connectivity index (χ4v) is 9.78. The molecule has 5 rings (SSSR count). The number of esters is 1. The molecule has 4 aromatic carbocycles. The van der Waals surface area contributed by atoms with Crippen LogP contribution in [0.5, 0.6) is 5.75 Å². The number of benzene rings is 4. The number of sulfone groups is 1. The van der Waals surface area contributed by atoms with E-state index in [4.69, 9.17) is 14.2 Å². The maximum absolute atomic E-state index is 15.5. The van der Waals surface area contributed by atoms with E-state index >= 15 is 4.39 Å². The van der Waals surface area contributed by atoms with Gasteiger partial charge in [-0.15, -0.1) is 0 Å². The second-order valence-corrected chi connectivity index (χ2v) is 17.4. The van der Waals surface area contributed by atoms with Crippen LogP contribution in [0.2, 0.25) is 0 Å². The van der Waals surface area contributed by atoms with Gasteiger partial charge in [-0.1, -0.05) is 36.4 Å². The van der Waals surface area contributed by atoms with Gasteiger partial charge >= 0.3 is 5.97 Å². The normalized spacial score (nSPS) is 15.0. The van der Waals surface area contributed by atoms with Crippen LogP contribution in [-0.4, -0.2) is 65.2 Å². The van der Waals surface area contributed by atoms with Gasteiger partial charge in [0.05, 0.1) is 35.3 Å². The van der Waals surface area contributed by atoms with Crippen molar-refractivity contribution in [3.63, 3.8) is 0 Å². The summed E-state index contributed by atoms with van der Waals surface area (Å²) >= 11 is 0. The number of aryl methyl sites for hydroxylation is 3. The number of anilines is 1. The summed E-state index contributed by atoms with van der Waals surface area (Å²) in [4.78, 5) is 22.5. The van der Waals surface area contributed by atoms with Crippen LogP contribution >= 0.6 is 0 Å². The molecule has 1 heterocycles. The summed E-state index contributed by atoms with van der Waals surface area (Å²) in [6.07, 6.45) is 0.641. The Bertz CT molecular complexity index is 2220. The zero-order valence-corrected chi connectivity index (χ0v) is 32.2. The van der Waals surface area contributed by atoms with Crippen LogP contribution in [0.3, 0.4) is 0 Å². The fourth-order valence-electron chi connectivity index (χ4n) is 6.61. The number of carbonyl (C=O) groups excluding carboxylic acids is 1. The molecule has 12 nitrogen and oxygen atoms in total. The van der Waals surface area contributed by atoms with E-state index in [2.05, 4.69) is 0 Å². The van der Waals surface area contributed by atoms with E-state index in [1.54, 1.807) is 26.2 Å². The highest BCUT2D eigenvalue weighted by atomic mass is 32.2. The van der Waals surface area contributed by atoms with Crippen molar-refractivity contribution in [2.24, 2.45) is 0 Å². The number of nitro groups is 1. The zero-order valence-electron chi connectivity index (χ0n) is 30.5. The lowest BCUT2D eigenvalue weighted by atomic mass is 9.94. The molecule has 0 radical (unpaired) electrons. The SMILES string of the molecule is CCOC(=O)CCc1ccc(N(Cc2cccc(-c3c(C)cc(OCC4(OC)CCS(=O)(=O)CC4)cc3C)c2)S(=O)(=O)c2ccccc2[N+](=O)[O-])cc1F. The summed E-state index contributed by atoms with van der Waals surface area (Å²) in [7, 11) is -6.16. The molecule has 0 saturated carbocycles. The van der Waals surface area contributed by atoms with Crippen molar-refractivity contribution in [1.29, 1.82) is 0 Å². The Hall–Kier alpha value is -4.86. The molecule has 1 saturated heterocycles. The third-order valence-electron chi connectivity index (χ3n) is 9.58. The number of para-hydroxylation sites is 1. The van der Waals surface area contributed by atoms with Crippen molar-refractivity contribution in [1.82, 2.24) is 0 Å². The fraction of sp³-hybridized carbons (Fsp3) is 0.359. The van der Waals surface area contributed by atoms with E-state index in [1.807, 2.05) is 38.1 Å². The van der Waals surface area contributed by atoms with Crippen LogP contribution in [-0.2, 0) is 47.1 Å². The van der Waals surface area contributed by atoms with Crippen molar-refractivity contribution in [3.8, 4) is 16.9 Å². The lowest BCUT2D eigenvalue weighted by Crippen LogP contribution is -2.45. The number of rotatable bonds is 15. The number of nitrogens with zero attached hydrogens (tertiary/aromatic N) is 2. The first-order valence-corrected chi connectivity index (χ1v) is 20.6. The molecule has 1 aliphatic heterocycles. The van der Waals surface area contributed by atoms with Gasteiger partial charge in [0.15, 0.2) is 14.7 Å². The number of halogens is 1.